The fourth-order valence-corrected chi connectivity index (χ4v) is 1.43. The van der Waals surface area contributed by atoms with E-state index in [0.29, 0.717) is 13.3 Å². The minimum absolute atomic E-state index is 0.629. The topological polar surface area (TPSA) is 61.2 Å². The highest BCUT2D eigenvalue weighted by Crippen LogP contribution is 2.14. The minimum Gasteiger partial charge on any atom is -0.488 e. The molecule has 0 saturated carbocycles. The molecular formula is C7H9N5O. The molecule has 0 aliphatic carbocycles. The maximum absolute atomic E-state index is 5.42. The zero-order valence-corrected chi connectivity index (χ0v) is 6.95. The number of nitrogens with one attached hydrogen (secondary N) is 2. The summed E-state index contributed by atoms with van der Waals surface area (Å²) < 4.78 is 5.42. The Morgan fingerprint density at radius 3 is 3.54 bits per heavy atom. The lowest BCUT2D eigenvalue weighted by Crippen LogP contribution is -2.41. The summed E-state index contributed by atoms with van der Waals surface area (Å²) in [7, 11) is 0. The lowest BCUT2D eigenvalue weighted by Gasteiger charge is -2.25. The first-order chi connectivity index (χ1) is 6.43. The van der Waals surface area contributed by atoms with Gasteiger partial charge in [0, 0.05) is 6.08 Å². The number of morpholine rings is 1. The van der Waals surface area contributed by atoms with Crippen LogP contribution in [0.2, 0.25) is 0 Å². The second kappa shape index (κ2) is 2.38. The monoisotopic (exact) mass is 179 g/mol. The van der Waals surface area contributed by atoms with E-state index in [2.05, 4.69) is 20.9 Å². The molecule has 0 unspecified atom stereocenters. The van der Waals surface area contributed by atoms with Crippen molar-refractivity contribution in [1.29, 1.82) is 0 Å². The Morgan fingerprint density at radius 1 is 1.54 bits per heavy atom. The number of fused-ring (bicyclic) bond motifs is 2. The highest BCUT2D eigenvalue weighted by atomic mass is 16.5. The molecule has 1 fully saturated rings. The fourth-order valence-electron chi connectivity index (χ4n) is 1.43. The van der Waals surface area contributed by atoms with E-state index in [4.69, 9.17) is 4.74 Å². The van der Waals surface area contributed by atoms with E-state index in [-0.39, 0.29) is 0 Å². The molecule has 0 aromatic carbocycles. The van der Waals surface area contributed by atoms with E-state index in [0.717, 1.165) is 24.0 Å². The molecule has 0 bridgehead atoms. The van der Waals surface area contributed by atoms with Gasteiger partial charge in [0.1, 0.15) is 13.3 Å². The van der Waals surface area contributed by atoms with E-state index >= 15 is 0 Å². The van der Waals surface area contributed by atoms with Gasteiger partial charge in [-0.25, -0.2) is 5.01 Å². The normalized spacial score (nSPS) is 24.0. The average Bonchev–Trinajstić information content (AvgIpc) is 2.61. The molecule has 68 valence electrons. The van der Waals surface area contributed by atoms with Crippen molar-refractivity contribution >= 4 is 11.7 Å². The Balaban J connectivity index is 1.98. The van der Waals surface area contributed by atoms with Crippen molar-refractivity contribution in [2.24, 2.45) is 10.2 Å². The predicted molar refractivity (Wildman–Crippen MR) is 46.7 cm³/mol. The molecule has 6 heteroatoms. The van der Waals surface area contributed by atoms with Crippen LogP contribution in [-0.2, 0) is 4.74 Å². The summed E-state index contributed by atoms with van der Waals surface area (Å²) in [6.45, 7) is 2.12. The van der Waals surface area contributed by atoms with Crippen molar-refractivity contribution in [3.63, 3.8) is 0 Å². The van der Waals surface area contributed by atoms with Crippen LogP contribution >= 0.6 is 0 Å². The van der Waals surface area contributed by atoms with Gasteiger partial charge in [-0.15, -0.1) is 5.10 Å². The van der Waals surface area contributed by atoms with Crippen LogP contribution < -0.4 is 10.7 Å². The first-order valence-electron chi connectivity index (χ1n) is 4.19. The number of amidine groups is 2. The van der Waals surface area contributed by atoms with E-state index in [1.807, 2.05) is 6.08 Å². The van der Waals surface area contributed by atoms with Gasteiger partial charge in [0.2, 0.25) is 0 Å². The van der Waals surface area contributed by atoms with Gasteiger partial charge in [-0.2, -0.15) is 5.10 Å². The smallest absolute Gasteiger partial charge is 0.189 e. The molecular weight excluding hydrogens is 170 g/mol. The van der Waals surface area contributed by atoms with Gasteiger partial charge in [0.15, 0.2) is 17.4 Å². The van der Waals surface area contributed by atoms with Crippen molar-refractivity contribution in [2.75, 3.05) is 19.8 Å². The zero-order valence-electron chi connectivity index (χ0n) is 6.95. The standard InChI is InChI=1S/C7H9N5O/c1-2-13-5-3-6-10-9-4-12(6)11-7(5)8-1/h3,9H,1-2,4H2,(H,8,11). The number of nitrogens with zero attached hydrogens (tertiary/aromatic N) is 3. The molecule has 0 amide bonds. The van der Waals surface area contributed by atoms with Gasteiger partial charge < -0.3 is 10.1 Å². The highest BCUT2D eigenvalue weighted by Gasteiger charge is 2.25. The quantitative estimate of drug-likeness (QED) is 0.500. The number of hydrogen-bond donors (Lipinski definition) is 2. The summed E-state index contributed by atoms with van der Waals surface area (Å²) in [5, 5.41) is 13.3. The van der Waals surface area contributed by atoms with Gasteiger partial charge in [0.05, 0.1) is 6.54 Å². The molecule has 3 heterocycles. The third-order valence-corrected chi connectivity index (χ3v) is 2.04. The molecule has 0 spiro atoms. The highest BCUT2D eigenvalue weighted by molar-refractivity contribution is 6.08. The van der Waals surface area contributed by atoms with Crippen LogP contribution in [0.4, 0.5) is 0 Å². The van der Waals surface area contributed by atoms with Crippen LogP contribution in [-0.4, -0.2) is 36.5 Å². The van der Waals surface area contributed by atoms with Crippen LogP contribution in [0.3, 0.4) is 0 Å². The lowest BCUT2D eigenvalue weighted by atomic mass is 10.3. The number of rotatable bonds is 0. The summed E-state index contributed by atoms with van der Waals surface area (Å²) in [5.74, 6) is 2.39. The summed E-state index contributed by atoms with van der Waals surface area (Å²) in [4.78, 5) is 0. The molecule has 0 atom stereocenters. The van der Waals surface area contributed by atoms with E-state index < -0.39 is 0 Å². The van der Waals surface area contributed by atoms with Gasteiger partial charge in [-0.1, -0.05) is 0 Å². The Labute approximate surface area is 74.9 Å². The minimum atomic E-state index is 0.629. The third kappa shape index (κ3) is 0.947. The van der Waals surface area contributed by atoms with Gasteiger partial charge in [0.25, 0.3) is 0 Å². The van der Waals surface area contributed by atoms with Crippen molar-refractivity contribution in [1.82, 2.24) is 15.8 Å². The van der Waals surface area contributed by atoms with E-state index in [1.54, 1.807) is 5.01 Å². The average molecular weight is 179 g/mol. The summed E-state index contributed by atoms with van der Waals surface area (Å²) in [6.07, 6.45) is 1.88. The Hall–Kier alpha value is -1.72. The van der Waals surface area contributed by atoms with Gasteiger partial charge in [-0.05, 0) is 0 Å². The Kier molecular flexibility index (Phi) is 1.24. The fraction of sp³-hybridized carbons (Fsp3) is 0.429. The van der Waals surface area contributed by atoms with E-state index in [9.17, 15) is 0 Å². The Morgan fingerprint density at radius 2 is 2.54 bits per heavy atom. The van der Waals surface area contributed by atoms with Crippen molar-refractivity contribution < 1.29 is 4.74 Å². The molecule has 13 heavy (non-hydrogen) atoms. The zero-order chi connectivity index (χ0) is 8.67. The number of hydrogen-bond acceptors (Lipinski definition) is 6. The predicted octanol–water partition coefficient (Wildman–Crippen LogP) is -1.01. The Bertz CT molecular complexity index is 332. The summed E-state index contributed by atoms with van der Waals surface area (Å²) in [5.41, 5.74) is 2.85. The summed E-state index contributed by atoms with van der Waals surface area (Å²) in [6, 6.07) is 0. The lowest BCUT2D eigenvalue weighted by molar-refractivity contribution is 0.216. The molecule has 0 aromatic rings. The van der Waals surface area contributed by atoms with Gasteiger partial charge in [-0.3, -0.25) is 5.43 Å². The maximum atomic E-state index is 5.42. The SMILES string of the molecule is C1=C2OCCNC2=NN2CNN=C12. The molecule has 2 N–H and O–H groups in total. The number of ether oxygens (including phenoxy) is 1. The molecule has 1 saturated heterocycles. The van der Waals surface area contributed by atoms with Crippen LogP contribution in [0.5, 0.6) is 0 Å². The largest absolute Gasteiger partial charge is 0.488 e. The second-order valence-electron chi connectivity index (χ2n) is 2.92. The second-order valence-corrected chi connectivity index (χ2v) is 2.92. The third-order valence-electron chi connectivity index (χ3n) is 2.04. The molecule has 3 rings (SSSR count). The van der Waals surface area contributed by atoms with Crippen LogP contribution in [0.1, 0.15) is 0 Å². The van der Waals surface area contributed by atoms with Crippen molar-refractivity contribution in [2.45, 2.75) is 0 Å². The molecule has 3 aliphatic heterocycles. The van der Waals surface area contributed by atoms with Crippen LogP contribution in [0.15, 0.2) is 22.0 Å². The van der Waals surface area contributed by atoms with E-state index in [1.165, 1.54) is 0 Å². The van der Waals surface area contributed by atoms with Crippen LogP contribution in [0.25, 0.3) is 0 Å². The molecule has 3 aliphatic rings. The molecule has 0 aromatic heterocycles. The van der Waals surface area contributed by atoms with Crippen LogP contribution in [0, 0.1) is 0 Å². The molecule has 6 nitrogen and oxygen atoms in total. The van der Waals surface area contributed by atoms with Crippen molar-refractivity contribution in [3.8, 4) is 0 Å². The maximum Gasteiger partial charge on any atom is 0.189 e. The first-order valence-corrected chi connectivity index (χ1v) is 4.19. The number of hydrazone groups is 2. The van der Waals surface area contributed by atoms with Crippen molar-refractivity contribution in [3.05, 3.63) is 11.8 Å². The molecule has 0 radical (unpaired) electrons. The first kappa shape index (κ1) is 6.76. The van der Waals surface area contributed by atoms with Gasteiger partial charge >= 0.3 is 0 Å². The summed E-state index contributed by atoms with van der Waals surface area (Å²) >= 11 is 0.